The third-order valence-electron chi connectivity index (χ3n) is 2.23. The molecule has 1 aromatic carbocycles. The Labute approximate surface area is 122 Å². The highest BCUT2D eigenvalue weighted by Crippen LogP contribution is 2.25. The molecule has 1 rings (SSSR count). The van der Waals surface area contributed by atoms with Gasteiger partial charge in [0, 0.05) is 11.6 Å². The summed E-state index contributed by atoms with van der Waals surface area (Å²) in [4.78, 5) is 23.1. The topological polar surface area (TPSA) is 58.2 Å². The van der Waals surface area contributed by atoms with Gasteiger partial charge in [-0.25, -0.2) is 0 Å². The maximum atomic E-state index is 11.6. The molecule has 0 saturated heterocycles. The molecule has 0 atom stereocenters. The van der Waals surface area contributed by atoms with Crippen molar-refractivity contribution in [3.05, 3.63) is 28.2 Å². The van der Waals surface area contributed by atoms with Gasteiger partial charge >= 0.3 is 0 Å². The Hall–Kier alpha value is -1.26. The zero-order valence-electron chi connectivity index (χ0n) is 10.8. The van der Waals surface area contributed by atoms with E-state index in [0.29, 0.717) is 28.2 Å². The second-order valence-electron chi connectivity index (χ2n) is 4.55. The Morgan fingerprint density at radius 2 is 1.89 bits per heavy atom. The molecular weight excluding hydrogens is 287 g/mol. The van der Waals surface area contributed by atoms with E-state index in [9.17, 15) is 9.59 Å². The van der Waals surface area contributed by atoms with E-state index in [2.05, 4.69) is 10.6 Å². The van der Waals surface area contributed by atoms with Gasteiger partial charge in [-0.15, -0.1) is 0 Å². The molecule has 0 radical (unpaired) electrons. The van der Waals surface area contributed by atoms with Crippen LogP contribution in [0.4, 0.5) is 5.69 Å². The Bertz CT molecular complexity index is 476. The molecule has 0 unspecified atom stereocenters. The fourth-order valence-electron chi connectivity index (χ4n) is 1.31. The minimum atomic E-state index is -0.412. The van der Waals surface area contributed by atoms with E-state index in [1.54, 1.807) is 12.1 Å². The Morgan fingerprint density at radius 1 is 1.21 bits per heavy atom. The first-order valence-electron chi connectivity index (χ1n) is 5.90. The van der Waals surface area contributed by atoms with Crippen LogP contribution in [0, 0.1) is 5.92 Å². The highest BCUT2D eigenvalue weighted by Gasteiger charge is 2.11. The minimum absolute atomic E-state index is 0.230. The fraction of sp³-hybridized carbons (Fsp3) is 0.385. The van der Waals surface area contributed by atoms with Gasteiger partial charge in [0.05, 0.1) is 10.7 Å². The Kier molecular flexibility index (Phi) is 6.12. The van der Waals surface area contributed by atoms with Crippen molar-refractivity contribution in [2.24, 2.45) is 5.92 Å². The zero-order chi connectivity index (χ0) is 14.4. The number of hydrogen-bond donors (Lipinski definition) is 2. The molecule has 19 heavy (non-hydrogen) atoms. The largest absolute Gasteiger partial charge is 0.355 e. The van der Waals surface area contributed by atoms with Crippen LogP contribution in [0.3, 0.4) is 0 Å². The van der Waals surface area contributed by atoms with Crippen molar-refractivity contribution in [3.8, 4) is 0 Å². The van der Waals surface area contributed by atoms with Gasteiger partial charge in [-0.05, 0) is 24.1 Å². The predicted octanol–water partition coefficient (Wildman–Crippen LogP) is 3.09. The van der Waals surface area contributed by atoms with E-state index < -0.39 is 5.91 Å². The van der Waals surface area contributed by atoms with Crippen molar-refractivity contribution in [1.29, 1.82) is 0 Å². The molecule has 0 aliphatic heterocycles. The van der Waals surface area contributed by atoms with Crippen molar-refractivity contribution in [1.82, 2.24) is 5.32 Å². The number of carbonyl (C=O) groups excluding carboxylic acids is 2. The van der Waals surface area contributed by atoms with Gasteiger partial charge < -0.3 is 10.6 Å². The first-order chi connectivity index (χ1) is 8.88. The summed E-state index contributed by atoms with van der Waals surface area (Å²) < 4.78 is 0. The van der Waals surface area contributed by atoms with E-state index in [4.69, 9.17) is 23.2 Å². The number of carbonyl (C=O) groups is 2. The molecule has 0 saturated carbocycles. The molecule has 0 aromatic heterocycles. The lowest BCUT2D eigenvalue weighted by Gasteiger charge is -2.09. The van der Waals surface area contributed by atoms with E-state index in [-0.39, 0.29) is 12.3 Å². The summed E-state index contributed by atoms with van der Waals surface area (Å²) in [5.74, 6) is -0.375. The highest BCUT2D eigenvalue weighted by molar-refractivity contribution is 6.36. The van der Waals surface area contributed by atoms with E-state index in [1.807, 2.05) is 13.8 Å². The summed E-state index contributed by atoms with van der Waals surface area (Å²) in [6, 6.07) is 4.73. The first-order valence-corrected chi connectivity index (χ1v) is 6.65. The van der Waals surface area contributed by atoms with Gasteiger partial charge in [-0.3, -0.25) is 9.59 Å². The summed E-state index contributed by atoms with van der Waals surface area (Å²) in [6.45, 7) is 4.51. The van der Waals surface area contributed by atoms with Crippen molar-refractivity contribution < 1.29 is 9.59 Å². The number of amides is 2. The van der Waals surface area contributed by atoms with Crippen LogP contribution in [0.15, 0.2) is 18.2 Å². The van der Waals surface area contributed by atoms with Crippen LogP contribution in [0.25, 0.3) is 0 Å². The van der Waals surface area contributed by atoms with Crippen LogP contribution in [0.5, 0.6) is 0 Å². The molecule has 6 heteroatoms. The number of anilines is 1. The molecule has 1 aromatic rings. The molecule has 0 bridgehead atoms. The molecule has 104 valence electrons. The molecule has 0 fully saturated rings. The van der Waals surface area contributed by atoms with Gasteiger partial charge in [0.2, 0.25) is 11.8 Å². The molecule has 0 heterocycles. The molecule has 0 spiro atoms. The highest BCUT2D eigenvalue weighted by atomic mass is 35.5. The number of benzene rings is 1. The summed E-state index contributed by atoms with van der Waals surface area (Å²) in [5.41, 5.74) is 0.438. The third-order valence-corrected chi connectivity index (χ3v) is 2.78. The lowest BCUT2D eigenvalue weighted by atomic mass is 10.2. The van der Waals surface area contributed by atoms with Crippen LogP contribution in [-0.4, -0.2) is 18.4 Å². The normalized spacial score (nSPS) is 10.4. The van der Waals surface area contributed by atoms with Crippen LogP contribution < -0.4 is 10.6 Å². The molecule has 0 aliphatic rings. The van der Waals surface area contributed by atoms with Crippen molar-refractivity contribution in [2.75, 3.05) is 11.9 Å². The standard InChI is InChI=1S/C13H16Cl2N2O2/c1-8(2)7-16-12(18)6-13(19)17-11-4-3-9(14)5-10(11)15/h3-5,8H,6-7H2,1-2H3,(H,16,18)(H,17,19). The second kappa shape index (κ2) is 7.36. The maximum absolute atomic E-state index is 11.6. The molecular formula is C13H16Cl2N2O2. The molecule has 4 nitrogen and oxygen atoms in total. The molecule has 2 N–H and O–H groups in total. The van der Waals surface area contributed by atoms with Gasteiger partial charge in [-0.2, -0.15) is 0 Å². The number of rotatable bonds is 5. The first kappa shape index (κ1) is 15.8. The predicted molar refractivity (Wildman–Crippen MR) is 77.6 cm³/mol. The van der Waals surface area contributed by atoms with Crippen LogP contribution >= 0.6 is 23.2 Å². The van der Waals surface area contributed by atoms with Crippen LogP contribution in [0.2, 0.25) is 10.0 Å². The summed E-state index contributed by atoms with van der Waals surface area (Å²) in [5, 5.41) is 6.05. The van der Waals surface area contributed by atoms with E-state index in [1.165, 1.54) is 6.07 Å². The Morgan fingerprint density at radius 3 is 2.47 bits per heavy atom. The monoisotopic (exact) mass is 302 g/mol. The second-order valence-corrected chi connectivity index (χ2v) is 5.39. The van der Waals surface area contributed by atoms with Gasteiger partial charge in [0.15, 0.2) is 0 Å². The number of hydrogen-bond acceptors (Lipinski definition) is 2. The van der Waals surface area contributed by atoms with Crippen molar-refractivity contribution in [3.63, 3.8) is 0 Å². The van der Waals surface area contributed by atoms with Crippen molar-refractivity contribution in [2.45, 2.75) is 20.3 Å². The zero-order valence-corrected chi connectivity index (χ0v) is 12.3. The molecule has 2 amide bonds. The van der Waals surface area contributed by atoms with Gasteiger partial charge in [0.25, 0.3) is 0 Å². The fourth-order valence-corrected chi connectivity index (χ4v) is 1.77. The molecule has 0 aliphatic carbocycles. The SMILES string of the molecule is CC(C)CNC(=O)CC(=O)Nc1ccc(Cl)cc1Cl. The van der Waals surface area contributed by atoms with Crippen LogP contribution in [-0.2, 0) is 9.59 Å². The summed E-state index contributed by atoms with van der Waals surface area (Å²) in [7, 11) is 0. The smallest absolute Gasteiger partial charge is 0.233 e. The van der Waals surface area contributed by atoms with Gasteiger partial charge in [-0.1, -0.05) is 37.0 Å². The van der Waals surface area contributed by atoms with E-state index in [0.717, 1.165) is 0 Å². The third kappa shape index (κ3) is 5.94. The summed E-state index contributed by atoms with van der Waals surface area (Å²) in [6.07, 6.45) is -0.230. The summed E-state index contributed by atoms with van der Waals surface area (Å²) >= 11 is 11.7. The van der Waals surface area contributed by atoms with Crippen molar-refractivity contribution >= 4 is 40.7 Å². The quantitative estimate of drug-likeness (QED) is 0.821. The van der Waals surface area contributed by atoms with Crippen LogP contribution in [0.1, 0.15) is 20.3 Å². The lowest BCUT2D eigenvalue weighted by Crippen LogP contribution is -2.30. The van der Waals surface area contributed by atoms with E-state index >= 15 is 0 Å². The minimum Gasteiger partial charge on any atom is -0.355 e. The number of halogens is 2. The van der Waals surface area contributed by atoms with Gasteiger partial charge in [0.1, 0.15) is 6.42 Å². The maximum Gasteiger partial charge on any atom is 0.233 e. The average Bonchev–Trinajstić information content (AvgIpc) is 2.30. The average molecular weight is 303 g/mol. The Balaban J connectivity index is 2.49. The lowest BCUT2D eigenvalue weighted by molar-refractivity contribution is -0.126. The number of nitrogens with one attached hydrogen (secondary N) is 2.